The molecule has 0 atom stereocenters. The summed E-state index contributed by atoms with van der Waals surface area (Å²) in [4.78, 5) is 25.2. The molecule has 0 saturated carbocycles. The molecule has 1 heterocycles. The van der Waals surface area contributed by atoms with Crippen LogP contribution in [0.25, 0.3) is 0 Å². The third kappa shape index (κ3) is 4.69. The largest absolute Gasteiger partial charge is 0.480 e. The van der Waals surface area contributed by atoms with Crippen LogP contribution in [0.3, 0.4) is 0 Å². The van der Waals surface area contributed by atoms with Gasteiger partial charge in [-0.1, -0.05) is 11.6 Å². The Kier molecular flexibility index (Phi) is 6.39. The summed E-state index contributed by atoms with van der Waals surface area (Å²) >= 11 is 6.07. The number of sulfonamides is 1. The zero-order chi connectivity index (χ0) is 18.6. The van der Waals surface area contributed by atoms with E-state index in [1.54, 1.807) is 0 Å². The quantitative estimate of drug-likeness (QED) is 0.747. The van der Waals surface area contributed by atoms with E-state index < -0.39 is 28.4 Å². The van der Waals surface area contributed by atoms with Gasteiger partial charge in [0.25, 0.3) is 5.91 Å². The van der Waals surface area contributed by atoms with E-state index in [4.69, 9.17) is 21.4 Å². The van der Waals surface area contributed by atoms with Crippen molar-refractivity contribution in [2.24, 2.45) is 0 Å². The molecule has 1 saturated heterocycles. The monoisotopic (exact) mass is 390 g/mol. The summed E-state index contributed by atoms with van der Waals surface area (Å²) in [6.45, 7) is 0.356. The first-order valence-electron chi connectivity index (χ1n) is 7.60. The van der Waals surface area contributed by atoms with Gasteiger partial charge in [0.05, 0.1) is 15.5 Å². The van der Waals surface area contributed by atoms with Crippen LogP contribution >= 0.6 is 11.6 Å². The van der Waals surface area contributed by atoms with Gasteiger partial charge in [-0.2, -0.15) is 0 Å². The average molecular weight is 391 g/mol. The van der Waals surface area contributed by atoms with Gasteiger partial charge in [0, 0.05) is 19.3 Å². The number of amides is 1. The smallest absolute Gasteiger partial charge is 0.323 e. The van der Waals surface area contributed by atoms with Crippen LogP contribution in [0.4, 0.5) is 0 Å². The molecule has 1 aliphatic rings. The second kappa shape index (κ2) is 8.13. The predicted molar refractivity (Wildman–Crippen MR) is 90.2 cm³/mol. The molecule has 2 N–H and O–H groups in total. The first-order valence-corrected chi connectivity index (χ1v) is 9.46. The first-order chi connectivity index (χ1) is 11.8. The molecular weight excluding hydrogens is 372 g/mol. The van der Waals surface area contributed by atoms with E-state index in [0.29, 0.717) is 26.1 Å². The number of carboxylic acids is 1. The number of nitrogens with zero attached hydrogens (tertiary/aromatic N) is 1. The van der Waals surface area contributed by atoms with E-state index in [0.717, 1.165) is 6.07 Å². The molecule has 25 heavy (non-hydrogen) atoms. The second-order valence-corrected chi connectivity index (χ2v) is 7.81. The van der Waals surface area contributed by atoms with Gasteiger partial charge in [0.2, 0.25) is 10.0 Å². The van der Waals surface area contributed by atoms with E-state index in [-0.39, 0.29) is 21.5 Å². The number of halogens is 1. The van der Waals surface area contributed by atoms with Crippen molar-refractivity contribution < 1.29 is 27.9 Å². The minimum absolute atomic E-state index is 0.0502. The molecule has 0 radical (unpaired) electrons. The summed E-state index contributed by atoms with van der Waals surface area (Å²) in [5.74, 6) is -1.78. The lowest BCUT2D eigenvalue weighted by Gasteiger charge is -2.33. The minimum atomic E-state index is -3.76. The summed E-state index contributed by atoms with van der Waals surface area (Å²) in [5.41, 5.74) is -0.0502. The Morgan fingerprint density at radius 2 is 2.00 bits per heavy atom. The standard InChI is InChI=1S/C15H19ClN2O6S/c1-17-25(22,23)11-2-3-13(16)12(8-11)15(21)18(9-14(19)20)10-4-6-24-7-5-10/h2-3,8,10,17H,4-7,9H2,1H3,(H,19,20). The summed E-state index contributed by atoms with van der Waals surface area (Å²) in [6, 6.07) is 3.44. The second-order valence-electron chi connectivity index (χ2n) is 5.52. The van der Waals surface area contributed by atoms with Crippen LogP contribution in [0.5, 0.6) is 0 Å². The van der Waals surface area contributed by atoms with E-state index in [2.05, 4.69) is 4.72 Å². The van der Waals surface area contributed by atoms with Crippen molar-refractivity contribution in [2.45, 2.75) is 23.8 Å². The Labute approximate surface area is 150 Å². The fourth-order valence-corrected chi connectivity index (χ4v) is 3.57. The summed E-state index contributed by atoms with van der Waals surface area (Å²) < 4.78 is 31.3. The van der Waals surface area contributed by atoms with Crippen molar-refractivity contribution in [3.63, 3.8) is 0 Å². The maximum atomic E-state index is 12.9. The number of rotatable bonds is 6. The Morgan fingerprint density at radius 1 is 1.36 bits per heavy atom. The van der Waals surface area contributed by atoms with Gasteiger partial charge < -0.3 is 14.7 Å². The van der Waals surface area contributed by atoms with Gasteiger partial charge in [0.1, 0.15) is 6.54 Å². The van der Waals surface area contributed by atoms with Crippen LogP contribution in [0.1, 0.15) is 23.2 Å². The lowest BCUT2D eigenvalue weighted by molar-refractivity contribution is -0.138. The molecule has 1 amide bonds. The third-order valence-electron chi connectivity index (χ3n) is 3.95. The van der Waals surface area contributed by atoms with Crippen LogP contribution in [-0.2, 0) is 19.6 Å². The highest BCUT2D eigenvalue weighted by Gasteiger charge is 2.30. The lowest BCUT2D eigenvalue weighted by Crippen LogP contribution is -2.46. The van der Waals surface area contributed by atoms with Crippen molar-refractivity contribution >= 4 is 33.5 Å². The van der Waals surface area contributed by atoms with Crippen molar-refractivity contribution in [1.82, 2.24) is 9.62 Å². The highest BCUT2D eigenvalue weighted by atomic mass is 35.5. The molecule has 0 bridgehead atoms. The lowest BCUT2D eigenvalue weighted by atomic mass is 10.1. The molecule has 0 unspecified atom stereocenters. The summed E-state index contributed by atoms with van der Waals surface area (Å²) in [6.07, 6.45) is 1.01. The van der Waals surface area contributed by atoms with Gasteiger partial charge in [-0.15, -0.1) is 0 Å². The van der Waals surface area contributed by atoms with Crippen molar-refractivity contribution in [1.29, 1.82) is 0 Å². The summed E-state index contributed by atoms with van der Waals surface area (Å²) in [7, 11) is -2.51. The highest BCUT2D eigenvalue weighted by molar-refractivity contribution is 7.89. The Morgan fingerprint density at radius 3 is 2.56 bits per heavy atom. The SMILES string of the molecule is CNS(=O)(=O)c1ccc(Cl)c(C(=O)N(CC(=O)O)C2CCOCC2)c1. The fourth-order valence-electron chi connectivity index (χ4n) is 2.62. The Hall–Kier alpha value is -1.68. The van der Waals surface area contributed by atoms with Crippen LogP contribution < -0.4 is 4.72 Å². The Bertz CT molecular complexity index is 761. The molecule has 10 heteroatoms. The zero-order valence-electron chi connectivity index (χ0n) is 13.6. The molecule has 1 aromatic rings. The maximum absolute atomic E-state index is 12.9. The van der Waals surface area contributed by atoms with E-state index in [1.165, 1.54) is 24.1 Å². The van der Waals surface area contributed by atoms with Crippen molar-refractivity contribution in [2.75, 3.05) is 26.8 Å². The van der Waals surface area contributed by atoms with Gasteiger partial charge in [-0.3, -0.25) is 9.59 Å². The Balaban J connectivity index is 2.40. The average Bonchev–Trinajstić information content (AvgIpc) is 2.60. The zero-order valence-corrected chi connectivity index (χ0v) is 15.1. The maximum Gasteiger partial charge on any atom is 0.323 e. The van der Waals surface area contributed by atoms with E-state index in [1.807, 2.05) is 0 Å². The molecule has 0 aromatic heterocycles. The highest BCUT2D eigenvalue weighted by Crippen LogP contribution is 2.24. The normalized spacial score (nSPS) is 15.8. The number of ether oxygens (including phenoxy) is 1. The number of carboxylic acid groups (broad SMARTS) is 1. The molecule has 1 aromatic carbocycles. The molecule has 1 fully saturated rings. The van der Waals surface area contributed by atoms with Gasteiger partial charge >= 0.3 is 5.97 Å². The number of benzene rings is 1. The van der Waals surface area contributed by atoms with Gasteiger partial charge in [0.15, 0.2) is 0 Å². The molecule has 0 spiro atoms. The minimum Gasteiger partial charge on any atom is -0.480 e. The van der Waals surface area contributed by atoms with Crippen LogP contribution in [0, 0.1) is 0 Å². The number of nitrogens with one attached hydrogen (secondary N) is 1. The van der Waals surface area contributed by atoms with Gasteiger partial charge in [-0.05, 0) is 38.1 Å². The number of aliphatic carboxylic acids is 1. The molecule has 2 rings (SSSR count). The third-order valence-corrected chi connectivity index (χ3v) is 5.69. The van der Waals surface area contributed by atoms with Crippen LogP contribution in [0.15, 0.2) is 23.1 Å². The predicted octanol–water partition coefficient (Wildman–Crippen LogP) is 0.954. The van der Waals surface area contributed by atoms with Gasteiger partial charge in [-0.25, -0.2) is 13.1 Å². The molecule has 1 aliphatic heterocycles. The molecule has 8 nitrogen and oxygen atoms in total. The topological polar surface area (TPSA) is 113 Å². The number of hydrogen-bond acceptors (Lipinski definition) is 5. The molecule has 138 valence electrons. The van der Waals surface area contributed by atoms with Crippen molar-refractivity contribution in [3.05, 3.63) is 28.8 Å². The van der Waals surface area contributed by atoms with E-state index >= 15 is 0 Å². The van der Waals surface area contributed by atoms with Crippen LogP contribution in [-0.4, -0.2) is 63.1 Å². The first kappa shape index (κ1) is 19.6. The molecular formula is C15H19ClN2O6S. The number of carbonyl (C=O) groups excluding carboxylic acids is 1. The fraction of sp³-hybridized carbons (Fsp3) is 0.467. The number of hydrogen-bond donors (Lipinski definition) is 2. The molecule has 0 aliphatic carbocycles. The van der Waals surface area contributed by atoms with Crippen LogP contribution in [0.2, 0.25) is 5.02 Å². The number of carbonyl (C=O) groups is 2. The van der Waals surface area contributed by atoms with Crippen molar-refractivity contribution in [3.8, 4) is 0 Å². The summed E-state index contributed by atoms with van der Waals surface area (Å²) in [5, 5.41) is 9.20. The van der Waals surface area contributed by atoms with E-state index in [9.17, 15) is 18.0 Å².